The van der Waals surface area contributed by atoms with Gasteiger partial charge in [0.2, 0.25) is 0 Å². The fraction of sp³-hybridized carbons (Fsp3) is 0.636. The van der Waals surface area contributed by atoms with Gasteiger partial charge in [0.05, 0.1) is 19.3 Å². The van der Waals surface area contributed by atoms with E-state index in [2.05, 4.69) is 27.5 Å². The highest BCUT2D eigenvalue weighted by molar-refractivity contribution is 5.46. The van der Waals surface area contributed by atoms with E-state index in [-0.39, 0.29) is 12.6 Å². The molecular weight excluding hydrogens is 220 g/mol. The van der Waals surface area contributed by atoms with Crippen LogP contribution in [-0.4, -0.2) is 48.0 Å². The number of aliphatic hydroxyl groups excluding tert-OH is 1. The fourth-order valence-electron chi connectivity index (χ4n) is 1.34. The number of aromatic nitrogens is 2. The molecule has 0 radical (unpaired) electrons. The molecule has 1 atom stereocenters. The third-order valence-electron chi connectivity index (χ3n) is 2.16. The standard InChI is InChI=1S/C11H20N4O2/c1-3-4-12-10-5-11(14-8-13-10)15-9(6-16)7-17-2/h5,8-9,16H,3-4,6-7H2,1-2H3,(H2,12,13,14,15). The van der Waals surface area contributed by atoms with E-state index in [1.54, 1.807) is 7.11 Å². The van der Waals surface area contributed by atoms with E-state index in [1.807, 2.05) is 6.07 Å². The van der Waals surface area contributed by atoms with E-state index in [1.165, 1.54) is 6.33 Å². The highest BCUT2D eigenvalue weighted by atomic mass is 16.5. The quantitative estimate of drug-likeness (QED) is 0.621. The van der Waals surface area contributed by atoms with Crippen LogP contribution in [0.1, 0.15) is 13.3 Å². The van der Waals surface area contributed by atoms with E-state index in [0.717, 1.165) is 18.8 Å². The Morgan fingerprint density at radius 2 is 2.18 bits per heavy atom. The number of anilines is 2. The molecule has 1 aromatic heterocycles. The Morgan fingerprint density at radius 1 is 1.41 bits per heavy atom. The number of nitrogens with zero attached hydrogens (tertiary/aromatic N) is 2. The Labute approximate surface area is 101 Å². The smallest absolute Gasteiger partial charge is 0.131 e. The van der Waals surface area contributed by atoms with Crippen LogP contribution in [0.2, 0.25) is 0 Å². The maximum absolute atomic E-state index is 9.13. The lowest BCUT2D eigenvalue weighted by atomic mass is 10.3. The van der Waals surface area contributed by atoms with E-state index in [9.17, 15) is 0 Å². The first-order chi connectivity index (χ1) is 8.30. The number of ether oxygens (including phenoxy) is 1. The molecule has 0 fully saturated rings. The summed E-state index contributed by atoms with van der Waals surface area (Å²) in [6.45, 7) is 3.39. The second kappa shape index (κ2) is 7.81. The summed E-state index contributed by atoms with van der Waals surface area (Å²) >= 11 is 0. The lowest BCUT2D eigenvalue weighted by molar-refractivity contribution is 0.153. The van der Waals surface area contributed by atoms with Crippen molar-refractivity contribution < 1.29 is 9.84 Å². The molecular formula is C11H20N4O2. The first-order valence-electron chi connectivity index (χ1n) is 5.72. The molecule has 1 unspecified atom stereocenters. The molecule has 0 spiro atoms. The van der Waals surface area contributed by atoms with E-state index >= 15 is 0 Å². The van der Waals surface area contributed by atoms with Crippen LogP contribution >= 0.6 is 0 Å². The summed E-state index contributed by atoms with van der Waals surface area (Å²) in [7, 11) is 1.60. The maximum atomic E-state index is 9.13. The molecule has 17 heavy (non-hydrogen) atoms. The second-order valence-corrected chi connectivity index (χ2v) is 3.69. The molecule has 6 nitrogen and oxygen atoms in total. The third-order valence-corrected chi connectivity index (χ3v) is 2.16. The minimum Gasteiger partial charge on any atom is -0.394 e. The lowest BCUT2D eigenvalue weighted by Gasteiger charge is -2.16. The summed E-state index contributed by atoms with van der Waals surface area (Å²) in [6.07, 6.45) is 2.53. The molecule has 0 aliphatic rings. The number of hydrogen-bond donors (Lipinski definition) is 3. The van der Waals surface area contributed by atoms with Gasteiger partial charge in [0.15, 0.2) is 0 Å². The van der Waals surface area contributed by atoms with E-state index in [0.29, 0.717) is 12.4 Å². The molecule has 1 heterocycles. The monoisotopic (exact) mass is 240 g/mol. The van der Waals surface area contributed by atoms with Crippen LogP contribution in [0.3, 0.4) is 0 Å². The van der Waals surface area contributed by atoms with Gasteiger partial charge >= 0.3 is 0 Å². The van der Waals surface area contributed by atoms with Crippen molar-refractivity contribution in [1.82, 2.24) is 9.97 Å². The molecule has 6 heteroatoms. The number of methoxy groups -OCH3 is 1. The Morgan fingerprint density at radius 3 is 2.82 bits per heavy atom. The molecule has 0 aliphatic heterocycles. The van der Waals surface area contributed by atoms with Crippen molar-refractivity contribution in [3.8, 4) is 0 Å². The molecule has 0 bridgehead atoms. The van der Waals surface area contributed by atoms with Gasteiger partial charge in [-0.05, 0) is 6.42 Å². The molecule has 0 amide bonds. The maximum Gasteiger partial charge on any atom is 0.131 e. The van der Waals surface area contributed by atoms with Crippen LogP contribution in [0, 0.1) is 0 Å². The zero-order chi connectivity index (χ0) is 12.5. The van der Waals surface area contributed by atoms with Crippen molar-refractivity contribution in [2.45, 2.75) is 19.4 Å². The van der Waals surface area contributed by atoms with Gasteiger partial charge in [0.1, 0.15) is 18.0 Å². The molecule has 0 saturated heterocycles. The summed E-state index contributed by atoms with van der Waals surface area (Å²) in [5.41, 5.74) is 0. The molecule has 0 saturated carbocycles. The molecule has 1 rings (SSSR count). The summed E-state index contributed by atoms with van der Waals surface area (Å²) < 4.78 is 4.98. The average Bonchev–Trinajstić information content (AvgIpc) is 2.36. The van der Waals surface area contributed by atoms with Crippen molar-refractivity contribution >= 4 is 11.6 Å². The van der Waals surface area contributed by atoms with Gasteiger partial charge in [-0.2, -0.15) is 0 Å². The normalized spacial score (nSPS) is 12.2. The summed E-state index contributed by atoms with van der Waals surface area (Å²) in [4.78, 5) is 8.19. The number of rotatable bonds is 8. The largest absolute Gasteiger partial charge is 0.394 e. The predicted molar refractivity (Wildman–Crippen MR) is 67.2 cm³/mol. The first-order valence-corrected chi connectivity index (χ1v) is 5.72. The van der Waals surface area contributed by atoms with E-state index in [4.69, 9.17) is 9.84 Å². The van der Waals surface area contributed by atoms with Crippen LogP contribution in [0.15, 0.2) is 12.4 Å². The number of aliphatic hydroxyl groups is 1. The zero-order valence-electron chi connectivity index (χ0n) is 10.3. The van der Waals surface area contributed by atoms with E-state index < -0.39 is 0 Å². The van der Waals surface area contributed by atoms with Gasteiger partial charge in [0, 0.05) is 19.7 Å². The number of nitrogens with one attached hydrogen (secondary N) is 2. The van der Waals surface area contributed by atoms with Crippen molar-refractivity contribution in [2.75, 3.05) is 37.5 Å². The van der Waals surface area contributed by atoms with Crippen LogP contribution in [0.5, 0.6) is 0 Å². The Balaban J connectivity index is 2.57. The van der Waals surface area contributed by atoms with Crippen LogP contribution in [-0.2, 0) is 4.74 Å². The van der Waals surface area contributed by atoms with Gasteiger partial charge in [0.25, 0.3) is 0 Å². The molecule has 0 aliphatic carbocycles. The SMILES string of the molecule is CCCNc1cc(NC(CO)COC)ncn1. The average molecular weight is 240 g/mol. The third kappa shape index (κ3) is 4.97. The van der Waals surface area contributed by atoms with Gasteiger partial charge < -0.3 is 20.5 Å². The van der Waals surface area contributed by atoms with Crippen molar-refractivity contribution in [2.24, 2.45) is 0 Å². The van der Waals surface area contributed by atoms with Gasteiger partial charge in [-0.25, -0.2) is 9.97 Å². The highest BCUT2D eigenvalue weighted by Crippen LogP contribution is 2.09. The lowest BCUT2D eigenvalue weighted by Crippen LogP contribution is -2.29. The van der Waals surface area contributed by atoms with Crippen LogP contribution < -0.4 is 10.6 Å². The van der Waals surface area contributed by atoms with Gasteiger partial charge in [-0.3, -0.25) is 0 Å². The van der Waals surface area contributed by atoms with Crippen molar-refractivity contribution in [3.05, 3.63) is 12.4 Å². The summed E-state index contributed by atoms with van der Waals surface area (Å²) in [5, 5.41) is 15.4. The minimum atomic E-state index is -0.158. The highest BCUT2D eigenvalue weighted by Gasteiger charge is 2.07. The topological polar surface area (TPSA) is 79.3 Å². The van der Waals surface area contributed by atoms with Crippen LogP contribution in [0.4, 0.5) is 11.6 Å². The molecule has 3 N–H and O–H groups in total. The fourth-order valence-corrected chi connectivity index (χ4v) is 1.34. The Bertz CT molecular complexity index is 322. The molecule has 0 aromatic carbocycles. The van der Waals surface area contributed by atoms with Crippen molar-refractivity contribution in [3.63, 3.8) is 0 Å². The Hall–Kier alpha value is -1.40. The van der Waals surface area contributed by atoms with Crippen LogP contribution in [0.25, 0.3) is 0 Å². The molecule has 1 aromatic rings. The predicted octanol–water partition coefficient (Wildman–Crippen LogP) is 0.718. The van der Waals surface area contributed by atoms with Gasteiger partial charge in [-0.1, -0.05) is 6.92 Å². The van der Waals surface area contributed by atoms with Gasteiger partial charge in [-0.15, -0.1) is 0 Å². The summed E-state index contributed by atoms with van der Waals surface area (Å²) in [5.74, 6) is 1.45. The zero-order valence-corrected chi connectivity index (χ0v) is 10.3. The summed E-state index contributed by atoms with van der Waals surface area (Å²) in [6, 6.07) is 1.66. The second-order valence-electron chi connectivity index (χ2n) is 3.69. The minimum absolute atomic E-state index is 0.00440. The molecule has 96 valence electrons. The number of hydrogen-bond acceptors (Lipinski definition) is 6. The Kier molecular flexibility index (Phi) is 6.27. The van der Waals surface area contributed by atoms with Crippen molar-refractivity contribution in [1.29, 1.82) is 0 Å². The first kappa shape index (κ1) is 13.7.